The molecule has 46 heteroatoms. The summed E-state index contributed by atoms with van der Waals surface area (Å²) in [4.78, 5) is 187. The molecule has 0 fully saturated rings. The van der Waals surface area contributed by atoms with E-state index in [1.165, 1.54) is 121 Å². The molecule has 0 bridgehead atoms. The summed E-state index contributed by atoms with van der Waals surface area (Å²) in [5.74, 6) is -3.85. The van der Waals surface area contributed by atoms with Crippen LogP contribution in [-0.2, 0) is 51.5 Å². The minimum Gasteiger partial charge on any atom is -0.481 e. The van der Waals surface area contributed by atoms with Crippen LogP contribution in [0.2, 0.25) is 0 Å². The van der Waals surface area contributed by atoms with Gasteiger partial charge in [0.15, 0.2) is 6.61 Å². The van der Waals surface area contributed by atoms with Crippen molar-refractivity contribution in [2.45, 2.75) is 44.8 Å². The summed E-state index contributed by atoms with van der Waals surface area (Å²) < 4.78 is 52.3. The fraction of sp³-hybridized carbons (Fsp3) is 0.153. The number of esters is 7. The number of isothiocyanates is 4. The van der Waals surface area contributed by atoms with E-state index in [1.54, 1.807) is 121 Å². The molecular formula is C85H65N9O33S4. The molecule has 131 heavy (non-hydrogen) atoms. The van der Waals surface area contributed by atoms with E-state index in [0.29, 0.717) is 65.3 Å². The van der Waals surface area contributed by atoms with E-state index in [0.717, 1.165) is 0 Å². The monoisotopic (exact) mass is 1870 g/mol. The van der Waals surface area contributed by atoms with Gasteiger partial charge in [0.25, 0.3) is 25.4 Å². The Bertz CT molecular complexity index is 5880. The van der Waals surface area contributed by atoms with Gasteiger partial charge in [-0.05, 0) is 256 Å². The lowest BCUT2D eigenvalue weighted by atomic mass is 10.1. The van der Waals surface area contributed by atoms with Crippen molar-refractivity contribution in [3.8, 4) is 46.0 Å². The summed E-state index contributed by atoms with van der Waals surface area (Å²) in [6.07, 6.45) is -0.929. The Kier molecular flexibility index (Phi) is 42.5. The fourth-order valence-electron chi connectivity index (χ4n) is 10.1. The highest BCUT2D eigenvalue weighted by Gasteiger charge is 2.24. The number of benzene rings is 10. The Morgan fingerprint density at radius 1 is 0.321 bits per heavy atom. The number of hydrogen-bond donors (Lipinski definition) is 0. The maximum atomic E-state index is 12.7. The molecule has 10 rings (SSSR count). The Morgan fingerprint density at radius 3 is 0.977 bits per heavy atom. The molecule has 10 aromatic carbocycles. The first-order chi connectivity index (χ1) is 63.2. The molecule has 0 N–H and O–H groups in total. The number of carbonyl (C=O) groups is 8. The van der Waals surface area contributed by atoms with Gasteiger partial charge in [-0.25, -0.2) is 38.4 Å². The van der Waals surface area contributed by atoms with Crippen LogP contribution in [-0.4, -0.2) is 140 Å². The third kappa shape index (κ3) is 37.6. The number of ether oxygens (including phenoxy) is 10. The third-order valence-corrected chi connectivity index (χ3v) is 16.4. The number of carbonyl (C=O) groups excluding carboxylic acids is 8. The highest BCUT2D eigenvalue weighted by molar-refractivity contribution is 7.78. The highest BCUT2D eigenvalue weighted by atomic mass is 32.1. The molecule has 0 aliphatic carbocycles. The summed E-state index contributed by atoms with van der Waals surface area (Å²) in [6, 6.07) is 61.1. The summed E-state index contributed by atoms with van der Waals surface area (Å²) >= 11 is 18.1. The number of para-hydroxylation sites is 4. The summed E-state index contributed by atoms with van der Waals surface area (Å²) in [5.41, 5.74) is 3.72. The van der Waals surface area contributed by atoms with Crippen LogP contribution in [0, 0.1) is 50.6 Å². The zero-order valence-electron chi connectivity index (χ0n) is 67.3. The molecule has 0 aromatic heterocycles. The van der Waals surface area contributed by atoms with E-state index in [-0.39, 0.29) is 113 Å². The number of rotatable bonds is 42. The van der Waals surface area contributed by atoms with Crippen LogP contribution in [0.25, 0.3) is 0 Å². The van der Waals surface area contributed by atoms with Crippen LogP contribution in [0.5, 0.6) is 46.0 Å². The van der Waals surface area contributed by atoms with Crippen molar-refractivity contribution in [2.75, 3.05) is 39.6 Å². The Hall–Kier alpha value is -17.2. The van der Waals surface area contributed by atoms with Gasteiger partial charge in [-0.15, -0.1) is 50.6 Å². The van der Waals surface area contributed by atoms with Crippen molar-refractivity contribution in [3.05, 3.63) is 338 Å². The van der Waals surface area contributed by atoms with E-state index >= 15 is 0 Å². The van der Waals surface area contributed by atoms with Gasteiger partial charge in [0.05, 0.1) is 80.9 Å². The van der Waals surface area contributed by atoms with Crippen molar-refractivity contribution >= 4 is 140 Å². The van der Waals surface area contributed by atoms with E-state index in [4.69, 9.17) is 47.4 Å². The third-order valence-electron chi connectivity index (χ3n) is 16.0. The molecule has 42 nitrogen and oxygen atoms in total. The van der Waals surface area contributed by atoms with Crippen molar-refractivity contribution in [1.82, 2.24) is 0 Å². The molecule has 0 aliphatic rings. The largest absolute Gasteiger partial charge is 0.513 e. The lowest BCUT2D eigenvalue weighted by Gasteiger charge is -2.14. The molecule has 0 radical (unpaired) electrons. The first-order valence-electron chi connectivity index (χ1n) is 37.3. The molecule has 1 unspecified atom stereocenters. The minimum absolute atomic E-state index is 0.00372. The summed E-state index contributed by atoms with van der Waals surface area (Å²) in [5, 5.41) is 55.4. The molecule has 0 amide bonds. The van der Waals surface area contributed by atoms with Crippen LogP contribution in [0.1, 0.15) is 99.0 Å². The van der Waals surface area contributed by atoms with Gasteiger partial charge < -0.3 is 71.6 Å². The molecule has 0 saturated heterocycles. The quantitative estimate of drug-likeness (QED) is 0.00501. The van der Waals surface area contributed by atoms with Gasteiger partial charge in [0, 0.05) is 6.42 Å². The lowest BCUT2D eigenvalue weighted by Crippen LogP contribution is -2.26. The van der Waals surface area contributed by atoms with Crippen LogP contribution < -0.4 is 37.9 Å². The minimum atomic E-state index is -1.24. The lowest BCUT2D eigenvalue weighted by molar-refractivity contribution is -0.789. The second-order valence-corrected chi connectivity index (χ2v) is 25.6. The Morgan fingerprint density at radius 2 is 0.634 bits per heavy atom. The second-order valence-electron chi connectivity index (χ2n) is 24.9. The van der Waals surface area contributed by atoms with Gasteiger partial charge in [-0.1, -0.05) is 72.8 Å². The zero-order valence-corrected chi connectivity index (χ0v) is 70.6. The molecule has 0 aliphatic heterocycles. The topological polar surface area (TPSA) is 540 Å². The normalized spacial score (nSPS) is 10.1. The molecule has 10 aromatic rings. The fourth-order valence-corrected chi connectivity index (χ4v) is 10.5. The molecule has 1 atom stereocenters. The average molecular weight is 1870 g/mol. The predicted octanol–water partition coefficient (Wildman–Crippen LogP) is 16.4. The maximum absolute atomic E-state index is 12.7. The van der Waals surface area contributed by atoms with Gasteiger partial charge in [-0.2, -0.15) is 20.0 Å². The second kappa shape index (κ2) is 55.2. The van der Waals surface area contributed by atoms with Crippen molar-refractivity contribution in [2.24, 2.45) is 20.0 Å². The van der Waals surface area contributed by atoms with Crippen molar-refractivity contribution < 1.29 is 135 Å². The van der Waals surface area contributed by atoms with Crippen LogP contribution in [0.4, 0.5) is 27.5 Å². The molecule has 0 heterocycles. The summed E-state index contributed by atoms with van der Waals surface area (Å²) in [7, 11) is 0. The smallest absolute Gasteiger partial charge is 0.481 e. The molecule has 0 spiro atoms. The SMILES string of the molecule is O=C(COc1ccccc1C(=O)Oc1ccc(N=C=S)cc1)OCCCCO[N+](=O)[O-].O=C(OCCCCO[N+](=O)[O-])Oc1ccccc1C(=O)Oc1ccc(N=C=S)cc1.O=C(Oc1ccccc1C(=O)Oc1ccc(N=C=S)cc1)c1ccc(CC(CO[N+](=O)[O-])O[N+](=O)[O-])cc1.O=C(Oc1ccccc1C(=O)Oc1ccc(N=C=S)cc1)c1ccc(CO[N+](=O)[O-])cc1. The van der Waals surface area contributed by atoms with Crippen LogP contribution in [0.15, 0.2) is 263 Å². The molecular weight excluding hydrogens is 1800 g/mol. The summed E-state index contributed by atoms with van der Waals surface area (Å²) in [6.45, 7) is -1.44. The van der Waals surface area contributed by atoms with Gasteiger partial charge in [0.1, 0.15) is 87.6 Å². The number of aliphatic imine (C=N–C) groups is 4. The van der Waals surface area contributed by atoms with Crippen molar-refractivity contribution in [1.29, 1.82) is 0 Å². The zero-order chi connectivity index (χ0) is 94.7. The van der Waals surface area contributed by atoms with Gasteiger partial charge in [0.2, 0.25) is 0 Å². The average Bonchev–Trinajstić information content (AvgIpc) is 0.865. The van der Waals surface area contributed by atoms with E-state index in [9.17, 15) is 88.9 Å². The Balaban J connectivity index is 0.000000240. The van der Waals surface area contributed by atoms with E-state index in [2.05, 4.69) is 114 Å². The van der Waals surface area contributed by atoms with E-state index < -0.39 is 92.7 Å². The number of nitrogens with zero attached hydrogens (tertiary/aromatic N) is 9. The Labute approximate surface area is 759 Å². The molecule has 672 valence electrons. The number of hydrogen-bond acceptors (Lipinski definition) is 41. The predicted molar refractivity (Wildman–Crippen MR) is 466 cm³/mol. The number of unbranched alkanes of at least 4 members (excludes halogenated alkanes) is 2. The van der Waals surface area contributed by atoms with Gasteiger partial charge >= 0.3 is 47.9 Å². The maximum Gasteiger partial charge on any atom is 0.513 e. The van der Waals surface area contributed by atoms with Crippen LogP contribution in [0.3, 0.4) is 0 Å². The number of thiocarbonyl (C=S) groups is 4. The standard InChI is InChI=1S/C24H17N3O10S.C22H14N2O7S.C20H18N2O8S.C19H16N2O8S/c28-23(17-7-5-16(6-8-17)13-20(37-27(32)33)14-34-26(30)31)36-22-4-2-1-3-21(22)24(29)35-19-11-9-18(10-12-19)25-15-38;25-21(16-7-5-15(6-8-16)13-29-24(27)28)31-20-4-2-1-3-19(20)22(26)30-18-11-9-17(10-12-18)23-14-32;23-19(27-11-3-4-12-29-22(25)26)13-28-18-6-2-1-5-17(18)20(24)30-16-9-7-15(8-10-16)21-14-31;22-18(28-15-9-7-14(8-10-15)20-13-30)16-5-1-2-6-17(16)29-19(23)26-11-3-4-12-27-21(24)25/h1-12,20H,13-14H2;1-12H,13H2;1-2,5-10H,3-4,11-13H2;1-2,5-10H,3-4,11-12H2. The van der Waals surface area contributed by atoms with Gasteiger partial charge in [-0.3, -0.25) is 0 Å². The highest BCUT2D eigenvalue weighted by Crippen LogP contribution is 2.30. The van der Waals surface area contributed by atoms with Crippen molar-refractivity contribution in [3.63, 3.8) is 0 Å². The first kappa shape index (κ1) is 101. The first-order valence-corrected chi connectivity index (χ1v) is 39.0. The van der Waals surface area contributed by atoms with Crippen LogP contribution >= 0.6 is 48.9 Å². The molecule has 0 saturated carbocycles. The van der Waals surface area contributed by atoms with E-state index in [1.807, 2.05) is 0 Å².